The molecule has 0 spiro atoms. The summed E-state index contributed by atoms with van der Waals surface area (Å²) in [6, 6.07) is 4.31. The van der Waals surface area contributed by atoms with Gasteiger partial charge in [-0.1, -0.05) is 70.9 Å². The Labute approximate surface area is 143 Å². The van der Waals surface area contributed by atoms with E-state index >= 15 is 0 Å². The van der Waals surface area contributed by atoms with E-state index in [1.54, 1.807) is 0 Å². The topological polar surface area (TPSA) is 27.7 Å². The zero-order chi connectivity index (χ0) is 16.5. The van der Waals surface area contributed by atoms with Crippen LogP contribution in [0.15, 0.2) is 24.5 Å². The van der Waals surface area contributed by atoms with E-state index in [2.05, 4.69) is 55.6 Å². The smallest absolute Gasteiger partial charge is 0.171 e. The van der Waals surface area contributed by atoms with Gasteiger partial charge in [0.15, 0.2) is 12.4 Å². The fraction of sp³-hybridized carbons (Fsp3) is 0.684. The lowest BCUT2D eigenvalue weighted by molar-refractivity contribution is -0.697. The number of pyridine rings is 1. The molecule has 0 fully saturated rings. The average molecular weight is 322 g/mol. The molecule has 0 unspecified atom stereocenters. The van der Waals surface area contributed by atoms with Crippen LogP contribution in [0.3, 0.4) is 0 Å². The van der Waals surface area contributed by atoms with Crippen molar-refractivity contribution in [2.45, 2.75) is 84.6 Å². The van der Waals surface area contributed by atoms with Crippen molar-refractivity contribution in [2.24, 2.45) is 0 Å². The third-order valence-electron chi connectivity index (χ3n) is 3.78. The highest BCUT2D eigenvalue weighted by molar-refractivity contribution is 7.85. The minimum absolute atomic E-state index is 1.18. The monoisotopic (exact) mass is 321 g/mol. The van der Waals surface area contributed by atoms with E-state index in [1.807, 2.05) is 0 Å². The Morgan fingerprint density at radius 3 is 2.00 bits per heavy atom. The number of aromatic nitrogens is 1. The number of nitriles is 1. The fourth-order valence-corrected chi connectivity index (χ4v) is 2.57. The molecule has 3 heteroatoms. The normalized spacial score (nSPS) is 9.73. The molecule has 0 saturated heterocycles. The summed E-state index contributed by atoms with van der Waals surface area (Å²) in [7, 11) is 0. The van der Waals surface area contributed by atoms with E-state index in [4.69, 9.17) is 5.26 Å². The van der Waals surface area contributed by atoms with Crippen molar-refractivity contribution in [3.05, 3.63) is 30.1 Å². The van der Waals surface area contributed by atoms with Gasteiger partial charge in [0.25, 0.3) is 0 Å². The van der Waals surface area contributed by atoms with Crippen LogP contribution in [0.4, 0.5) is 0 Å². The number of nitrogens with zero attached hydrogens (tertiary/aromatic N) is 2. The van der Waals surface area contributed by atoms with Crippen molar-refractivity contribution in [2.75, 3.05) is 0 Å². The van der Waals surface area contributed by atoms with Gasteiger partial charge in [0.05, 0.1) is 0 Å². The number of thiocyanates is 1. The molecule has 0 amide bonds. The van der Waals surface area contributed by atoms with Crippen molar-refractivity contribution < 1.29 is 4.57 Å². The molecule has 1 aromatic rings. The first-order chi connectivity index (χ1) is 10.7. The van der Waals surface area contributed by atoms with Crippen LogP contribution in [-0.2, 0) is 6.54 Å². The summed E-state index contributed by atoms with van der Waals surface area (Å²) in [5, 5.41) is 8.63. The van der Waals surface area contributed by atoms with Crippen LogP contribution in [0.25, 0.3) is 0 Å². The van der Waals surface area contributed by atoms with Gasteiger partial charge in [-0.3, -0.25) is 0 Å². The Morgan fingerprint density at radius 1 is 1.00 bits per heavy atom. The SMILES string of the molecule is CCCCCCCCCCCC[n+]1cccc(C)c1.N#CS. The van der Waals surface area contributed by atoms with Crippen LogP contribution in [0, 0.1) is 17.6 Å². The molecule has 2 nitrogen and oxygen atoms in total. The Balaban J connectivity index is 0.00000135. The summed E-state index contributed by atoms with van der Waals surface area (Å²) in [5.41, 5.74) is 1.36. The Morgan fingerprint density at radius 2 is 1.50 bits per heavy atom. The molecule has 124 valence electrons. The van der Waals surface area contributed by atoms with Gasteiger partial charge >= 0.3 is 0 Å². The second-order valence-electron chi connectivity index (χ2n) is 5.90. The van der Waals surface area contributed by atoms with Crippen molar-refractivity contribution in [1.82, 2.24) is 0 Å². The molecular formula is C19H33N2S+. The maximum absolute atomic E-state index is 7.18. The zero-order valence-electron chi connectivity index (χ0n) is 14.4. The third-order valence-corrected chi connectivity index (χ3v) is 3.78. The number of hydrogen-bond acceptors (Lipinski definition) is 2. The molecule has 1 aromatic heterocycles. The van der Waals surface area contributed by atoms with Crippen LogP contribution in [0.5, 0.6) is 0 Å². The highest BCUT2D eigenvalue weighted by Crippen LogP contribution is 2.10. The van der Waals surface area contributed by atoms with Gasteiger partial charge < -0.3 is 0 Å². The van der Waals surface area contributed by atoms with Gasteiger partial charge in [0.1, 0.15) is 11.9 Å². The predicted octanol–water partition coefficient (Wildman–Crippen LogP) is 5.60. The molecule has 0 aliphatic heterocycles. The van der Waals surface area contributed by atoms with Crippen molar-refractivity contribution in [3.63, 3.8) is 0 Å². The highest BCUT2D eigenvalue weighted by atomic mass is 32.1. The summed E-state index contributed by atoms with van der Waals surface area (Å²) in [6.45, 7) is 5.62. The number of hydrogen-bond donors (Lipinski definition) is 1. The molecule has 0 bridgehead atoms. The molecule has 1 rings (SSSR count). The molecule has 22 heavy (non-hydrogen) atoms. The van der Waals surface area contributed by atoms with Crippen molar-refractivity contribution in [1.29, 1.82) is 5.26 Å². The summed E-state index contributed by atoms with van der Waals surface area (Å²) in [4.78, 5) is 0. The highest BCUT2D eigenvalue weighted by Gasteiger charge is 1.99. The van der Waals surface area contributed by atoms with Crippen molar-refractivity contribution >= 4 is 12.6 Å². The van der Waals surface area contributed by atoms with Gasteiger partial charge in [-0.05, 0) is 19.4 Å². The van der Waals surface area contributed by atoms with Crippen molar-refractivity contribution in [3.8, 4) is 5.40 Å². The number of aryl methyl sites for hydroxylation is 2. The lowest BCUT2D eigenvalue weighted by Crippen LogP contribution is -2.32. The lowest BCUT2D eigenvalue weighted by atomic mass is 10.1. The Bertz CT molecular complexity index is 399. The average Bonchev–Trinajstić information content (AvgIpc) is 2.50. The first-order valence-corrected chi connectivity index (χ1v) is 9.18. The molecule has 0 aliphatic carbocycles. The quantitative estimate of drug-likeness (QED) is 0.244. The fourth-order valence-electron chi connectivity index (χ4n) is 2.57. The summed E-state index contributed by atoms with van der Waals surface area (Å²) in [6.07, 6.45) is 18.6. The first-order valence-electron chi connectivity index (χ1n) is 8.73. The van der Waals surface area contributed by atoms with E-state index in [0.717, 1.165) is 0 Å². The molecule has 0 aromatic carbocycles. The number of rotatable bonds is 11. The molecule has 0 saturated carbocycles. The molecule has 0 atom stereocenters. The zero-order valence-corrected chi connectivity index (χ0v) is 15.3. The minimum atomic E-state index is 1.18. The lowest BCUT2D eigenvalue weighted by Gasteiger charge is -2.01. The van der Waals surface area contributed by atoms with Gasteiger partial charge in [0.2, 0.25) is 0 Å². The summed E-state index contributed by atoms with van der Waals surface area (Å²) >= 11 is 3.09. The number of unbranched alkanes of at least 4 members (excludes halogenated alkanes) is 9. The largest absolute Gasteiger partial charge is 0.205 e. The molecule has 1 heterocycles. The van der Waals surface area contributed by atoms with Gasteiger partial charge in [-0.25, -0.2) is 4.57 Å². The molecule has 0 radical (unpaired) electrons. The molecule has 0 N–H and O–H groups in total. The maximum atomic E-state index is 7.18. The van der Waals surface area contributed by atoms with E-state index < -0.39 is 0 Å². The maximum Gasteiger partial charge on any atom is 0.171 e. The second kappa shape index (κ2) is 16.4. The van der Waals surface area contributed by atoms with Crippen LogP contribution < -0.4 is 4.57 Å². The number of thiol groups is 1. The van der Waals surface area contributed by atoms with Gasteiger partial charge in [-0.15, -0.1) is 0 Å². The Kier molecular flexibility index (Phi) is 15.6. The van der Waals surface area contributed by atoms with Crippen LogP contribution in [0.1, 0.15) is 76.7 Å². The van der Waals surface area contributed by atoms with E-state index in [9.17, 15) is 0 Å². The Hall–Kier alpha value is -1.01. The molecular weight excluding hydrogens is 288 g/mol. The van der Waals surface area contributed by atoms with Crippen LogP contribution >= 0.6 is 12.6 Å². The van der Waals surface area contributed by atoms with E-state index in [-0.39, 0.29) is 0 Å². The summed E-state index contributed by atoms with van der Waals surface area (Å²) < 4.78 is 2.32. The van der Waals surface area contributed by atoms with Crippen LogP contribution in [0.2, 0.25) is 0 Å². The predicted molar refractivity (Wildman–Crippen MR) is 97.8 cm³/mol. The molecule has 0 aliphatic rings. The van der Waals surface area contributed by atoms with Crippen LogP contribution in [-0.4, -0.2) is 0 Å². The first kappa shape index (κ1) is 21.0. The third kappa shape index (κ3) is 13.9. The second-order valence-corrected chi connectivity index (χ2v) is 6.10. The van der Waals surface area contributed by atoms with E-state index in [0.29, 0.717) is 0 Å². The minimum Gasteiger partial charge on any atom is -0.205 e. The summed E-state index contributed by atoms with van der Waals surface area (Å²) in [5.74, 6) is 0. The van der Waals surface area contributed by atoms with E-state index in [1.165, 1.54) is 81.7 Å². The van der Waals surface area contributed by atoms with Gasteiger partial charge in [0, 0.05) is 18.1 Å². The van der Waals surface area contributed by atoms with Gasteiger partial charge in [-0.2, -0.15) is 5.26 Å². The standard InChI is InChI=1S/C18H32N.CHNS/c1-3-4-5-6-7-8-9-10-11-12-15-19-16-13-14-18(2)17-19;2-1-3/h13-14,16-17H,3-12,15H2,1-2H3;3H/q+1;.